The van der Waals surface area contributed by atoms with Gasteiger partial charge in [0.1, 0.15) is 17.4 Å². The number of benzene rings is 1. The van der Waals surface area contributed by atoms with Crippen LogP contribution in [-0.4, -0.2) is 30.5 Å². The van der Waals surface area contributed by atoms with Gasteiger partial charge in [0.2, 0.25) is 0 Å². The molecule has 0 fully saturated rings. The minimum atomic E-state index is -1.05. The van der Waals surface area contributed by atoms with E-state index < -0.39 is 23.9 Å². The second-order valence-corrected chi connectivity index (χ2v) is 6.48. The number of thiophene rings is 1. The van der Waals surface area contributed by atoms with Gasteiger partial charge in [-0.1, -0.05) is 18.2 Å². The zero-order chi connectivity index (χ0) is 18.7. The van der Waals surface area contributed by atoms with E-state index in [0.29, 0.717) is 16.3 Å². The Kier molecular flexibility index (Phi) is 5.04. The predicted molar refractivity (Wildman–Crippen MR) is 96.9 cm³/mol. The smallest absolute Gasteiger partial charge is 0.338 e. The fraction of sp³-hybridized carbons (Fsp3) is 0.167. The Balaban J connectivity index is 1.64. The molecule has 2 amide bonds. The van der Waals surface area contributed by atoms with Crippen molar-refractivity contribution in [3.05, 3.63) is 52.4 Å². The summed E-state index contributed by atoms with van der Waals surface area (Å²) in [4.78, 5) is 35.8. The average molecular weight is 372 g/mol. The van der Waals surface area contributed by atoms with Crippen LogP contribution < -0.4 is 15.8 Å². The molecule has 0 saturated carbocycles. The van der Waals surface area contributed by atoms with E-state index in [4.69, 9.17) is 15.2 Å². The number of carbonyl (C=O) groups excluding carboxylic acids is 3. The molecule has 8 heteroatoms. The van der Waals surface area contributed by atoms with Crippen LogP contribution >= 0.6 is 11.3 Å². The van der Waals surface area contributed by atoms with E-state index in [1.807, 2.05) is 18.2 Å². The van der Waals surface area contributed by atoms with Gasteiger partial charge in [0, 0.05) is 5.56 Å². The second-order valence-electron chi connectivity index (χ2n) is 5.56. The number of nitrogens with one attached hydrogen (secondary N) is 1. The van der Waals surface area contributed by atoms with Gasteiger partial charge < -0.3 is 20.5 Å². The topological polar surface area (TPSA) is 108 Å². The van der Waals surface area contributed by atoms with Crippen molar-refractivity contribution in [3.63, 3.8) is 0 Å². The minimum Gasteiger partial charge on any atom is -0.488 e. The first-order valence-electron chi connectivity index (χ1n) is 7.77. The molecular formula is C18H16N2O5S. The maximum atomic E-state index is 12.3. The largest absolute Gasteiger partial charge is 0.488 e. The van der Waals surface area contributed by atoms with Crippen molar-refractivity contribution < 1.29 is 23.9 Å². The molecule has 2 heterocycles. The summed E-state index contributed by atoms with van der Waals surface area (Å²) in [6.45, 7) is 1.52. The van der Waals surface area contributed by atoms with E-state index in [1.54, 1.807) is 17.5 Å². The van der Waals surface area contributed by atoms with Crippen molar-refractivity contribution >= 4 is 40.2 Å². The normalized spacial score (nSPS) is 13.7. The molecule has 134 valence electrons. The number of primary amides is 1. The fourth-order valence-electron chi connectivity index (χ4n) is 2.34. The molecule has 2 aromatic rings. The van der Waals surface area contributed by atoms with Crippen molar-refractivity contribution in [2.45, 2.75) is 13.0 Å². The van der Waals surface area contributed by atoms with E-state index in [2.05, 4.69) is 5.32 Å². The summed E-state index contributed by atoms with van der Waals surface area (Å²) in [5, 5.41) is 4.50. The molecule has 7 nitrogen and oxygen atoms in total. The van der Waals surface area contributed by atoms with E-state index in [1.165, 1.54) is 13.0 Å². The monoisotopic (exact) mass is 372 g/mol. The summed E-state index contributed by atoms with van der Waals surface area (Å²) in [5.41, 5.74) is 6.54. The molecular weight excluding hydrogens is 356 g/mol. The van der Waals surface area contributed by atoms with Gasteiger partial charge in [-0.2, -0.15) is 0 Å². The van der Waals surface area contributed by atoms with Crippen LogP contribution in [0.4, 0.5) is 5.00 Å². The summed E-state index contributed by atoms with van der Waals surface area (Å²) >= 11 is 1.16. The number of para-hydroxylation sites is 1. The summed E-state index contributed by atoms with van der Waals surface area (Å²) < 4.78 is 10.7. The number of fused-ring (bicyclic) bond motifs is 1. The number of rotatable bonds is 5. The van der Waals surface area contributed by atoms with Crippen LogP contribution in [0.25, 0.3) is 6.08 Å². The third kappa shape index (κ3) is 3.75. The number of anilines is 1. The highest BCUT2D eigenvalue weighted by molar-refractivity contribution is 7.14. The Morgan fingerprint density at radius 3 is 2.81 bits per heavy atom. The molecule has 0 spiro atoms. The highest BCUT2D eigenvalue weighted by Gasteiger charge is 2.24. The maximum absolute atomic E-state index is 12.3. The summed E-state index contributed by atoms with van der Waals surface area (Å²) in [6, 6.07) is 8.82. The van der Waals surface area contributed by atoms with Crippen molar-refractivity contribution in [1.29, 1.82) is 0 Å². The highest BCUT2D eigenvalue weighted by atomic mass is 32.1. The lowest BCUT2D eigenvalue weighted by molar-refractivity contribution is -0.149. The van der Waals surface area contributed by atoms with Crippen LogP contribution in [0.5, 0.6) is 5.75 Å². The second kappa shape index (κ2) is 7.40. The molecule has 0 unspecified atom stereocenters. The minimum absolute atomic E-state index is 0.0704. The van der Waals surface area contributed by atoms with Crippen LogP contribution in [0.2, 0.25) is 0 Å². The molecule has 3 N–H and O–H groups in total. The summed E-state index contributed by atoms with van der Waals surface area (Å²) in [6.07, 6.45) is 0.624. The third-order valence-corrected chi connectivity index (χ3v) is 4.54. The number of carbonyl (C=O) groups is 3. The van der Waals surface area contributed by atoms with Gasteiger partial charge >= 0.3 is 5.97 Å². The van der Waals surface area contributed by atoms with Gasteiger partial charge in [0.25, 0.3) is 11.8 Å². The fourth-order valence-corrected chi connectivity index (χ4v) is 3.13. The molecule has 1 aliphatic heterocycles. The first-order valence-corrected chi connectivity index (χ1v) is 8.65. The lowest BCUT2D eigenvalue weighted by atomic mass is 10.1. The molecule has 0 saturated heterocycles. The number of ether oxygens (including phenoxy) is 2. The summed E-state index contributed by atoms with van der Waals surface area (Å²) in [7, 11) is 0. The van der Waals surface area contributed by atoms with E-state index in [9.17, 15) is 14.4 Å². The first-order chi connectivity index (χ1) is 12.5. The Hall–Kier alpha value is -3.13. The zero-order valence-corrected chi connectivity index (χ0v) is 14.7. The van der Waals surface area contributed by atoms with Gasteiger partial charge in [-0.25, -0.2) is 4.79 Å². The number of hydrogen-bond donors (Lipinski definition) is 2. The van der Waals surface area contributed by atoms with Crippen LogP contribution in [0, 0.1) is 0 Å². The Labute approximate surface area is 153 Å². The standard InChI is InChI=1S/C18H16N2O5S/c1-10(16(22)20-17-13(15(19)21)6-7-26-17)25-18(23)12-8-11-4-2-3-5-14(11)24-9-12/h2-8,10H,9H2,1H3,(H2,19,21)(H,20,22)/t10-/m0/s1. The SMILES string of the molecule is C[C@H](OC(=O)C1=Cc2ccccc2OC1)C(=O)Nc1sccc1C(N)=O. The van der Waals surface area contributed by atoms with Crippen molar-refractivity contribution in [3.8, 4) is 5.75 Å². The zero-order valence-electron chi connectivity index (χ0n) is 13.9. The van der Waals surface area contributed by atoms with E-state index in [-0.39, 0.29) is 12.2 Å². The summed E-state index contributed by atoms with van der Waals surface area (Å²) in [5.74, 6) is -1.15. The number of nitrogens with two attached hydrogens (primary N) is 1. The quantitative estimate of drug-likeness (QED) is 0.782. The molecule has 0 radical (unpaired) electrons. The number of esters is 1. The Bertz CT molecular complexity index is 902. The lowest BCUT2D eigenvalue weighted by Gasteiger charge is -2.19. The molecule has 0 aliphatic carbocycles. The average Bonchev–Trinajstić information content (AvgIpc) is 3.09. The third-order valence-electron chi connectivity index (χ3n) is 3.71. The highest BCUT2D eigenvalue weighted by Crippen LogP contribution is 2.26. The predicted octanol–water partition coefficient (Wildman–Crippen LogP) is 2.19. The van der Waals surface area contributed by atoms with Gasteiger partial charge in [-0.3, -0.25) is 9.59 Å². The van der Waals surface area contributed by atoms with Crippen molar-refractivity contribution in [1.82, 2.24) is 0 Å². The molecule has 1 aliphatic rings. The Morgan fingerprint density at radius 1 is 1.27 bits per heavy atom. The van der Waals surface area contributed by atoms with Crippen molar-refractivity contribution in [2.75, 3.05) is 11.9 Å². The maximum Gasteiger partial charge on any atom is 0.338 e. The van der Waals surface area contributed by atoms with Crippen LogP contribution in [0.15, 0.2) is 41.3 Å². The number of amides is 2. The molecule has 26 heavy (non-hydrogen) atoms. The number of hydrogen-bond acceptors (Lipinski definition) is 6. The Morgan fingerprint density at radius 2 is 2.04 bits per heavy atom. The molecule has 3 rings (SSSR count). The van der Waals surface area contributed by atoms with Crippen molar-refractivity contribution in [2.24, 2.45) is 5.73 Å². The van der Waals surface area contributed by atoms with Gasteiger partial charge in [0.05, 0.1) is 11.1 Å². The van der Waals surface area contributed by atoms with E-state index >= 15 is 0 Å². The molecule has 1 atom stereocenters. The van der Waals surface area contributed by atoms with Crippen LogP contribution in [0.3, 0.4) is 0 Å². The van der Waals surface area contributed by atoms with Gasteiger partial charge in [-0.05, 0) is 30.5 Å². The van der Waals surface area contributed by atoms with Gasteiger partial charge in [-0.15, -0.1) is 11.3 Å². The molecule has 0 bridgehead atoms. The van der Waals surface area contributed by atoms with Crippen LogP contribution in [0.1, 0.15) is 22.8 Å². The van der Waals surface area contributed by atoms with E-state index in [0.717, 1.165) is 16.9 Å². The van der Waals surface area contributed by atoms with Crippen LogP contribution in [-0.2, 0) is 14.3 Å². The lowest BCUT2D eigenvalue weighted by Crippen LogP contribution is -2.31. The first kappa shape index (κ1) is 17.7. The molecule has 1 aromatic heterocycles. The van der Waals surface area contributed by atoms with Gasteiger partial charge in [0.15, 0.2) is 6.10 Å². The molecule has 1 aromatic carbocycles.